The van der Waals surface area contributed by atoms with E-state index in [1.165, 1.54) is 7.11 Å². The minimum Gasteiger partial charge on any atom is -0.464 e. The van der Waals surface area contributed by atoms with Crippen LogP contribution in [-0.4, -0.2) is 18.2 Å². The molecule has 0 bridgehead atoms. The molecule has 0 spiro atoms. The van der Waals surface area contributed by atoms with Crippen molar-refractivity contribution in [2.75, 3.05) is 7.11 Å². The number of rotatable bonds is 3. The first-order chi connectivity index (χ1) is 7.56. The van der Waals surface area contributed by atoms with Crippen LogP contribution in [0.2, 0.25) is 0 Å². The fourth-order valence-electron chi connectivity index (χ4n) is 1.22. The van der Waals surface area contributed by atoms with E-state index in [2.05, 4.69) is 23.7 Å². The number of hydrogen-bond acceptors (Lipinski definition) is 4. The van der Waals surface area contributed by atoms with Gasteiger partial charge in [0.15, 0.2) is 5.69 Å². The molecule has 0 fully saturated rings. The summed E-state index contributed by atoms with van der Waals surface area (Å²) in [5, 5.41) is 3.69. The molecule has 0 radical (unpaired) electrons. The summed E-state index contributed by atoms with van der Waals surface area (Å²) in [7, 11) is 1.33. The van der Waals surface area contributed by atoms with Crippen LogP contribution in [0.25, 0.3) is 0 Å². The van der Waals surface area contributed by atoms with Crippen LogP contribution >= 0.6 is 0 Å². The third-order valence-corrected chi connectivity index (χ3v) is 1.99. The van der Waals surface area contributed by atoms with Crippen LogP contribution in [0.1, 0.15) is 49.5 Å². The zero-order valence-electron chi connectivity index (χ0n) is 11.0. The van der Waals surface area contributed by atoms with Crippen molar-refractivity contribution >= 4 is 5.97 Å². The fourth-order valence-corrected chi connectivity index (χ4v) is 1.22. The molecule has 1 heterocycles. The standard InChI is InChI=1S/C10H15NO3.C2H6/c1-6(2)5-8-7(3)9(11-14-8)10(12)13-4;1-2/h6H,5H2,1-4H3;1-2H3. The lowest BCUT2D eigenvalue weighted by atomic mass is 10.1. The second kappa shape index (κ2) is 7.04. The average molecular weight is 227 g/mol. The van der Waals surface area contributed by atoms with Crippen molar-refractivity contribution in [1.29, 1.82) is 0 Å². The van der Waals surface area contributed by atoms with Crippen LogP contribution in [0, 0.1) is 12.8 Å². The van der Waals surface area contributed by atoms with Gasteiger partial charge in [0.2, 0.25) is 0 Å². The van der Waals surface area contributed by atoms with Gasteiger partial charge in [-0.3, -0.25) is 0 Å². The lowest BCUT2D eigenvalue weighted by Crippen LogP contribution is -2.04. The Kier molecular flexibility index (Phi) is 6.46. The van der Waals surface area contributed by atoms with Gasteiger partial charge in [-0.2, -0.15) is 0 Å². The van der Waals surface area contributed by atoms with Gasteiger partial charge in [0, 0.05) is 12.0 Å². The maximum Gasteiger partial charge on any atom is 0.360 e. The third-order valence-electron chi connectivity index (χ3n) is 1.99. The highest BCUT2D eigenvalue weighted by Crippen LogP contribution is 2.17. The van der Waals surface area contributed by atoms with Crippen molar-refractivity contribution in [2.24, 2.45) is 5.92 Å². The molecule has 0 aliphatic carbocycles. The van der Waals surface area contributed by atoms with Gasteiger partial charge in [-0.1, -0.05) is 32.9 Å². The number of hydrogen-bond donors (Lipinski definition) is 0. The maximum atomic E-state index is 11.2. The van der Waals surface area contributed by atoms with E-state index in [4.69, 9.17) is 4.52 Å². The number of esters is 1. The van der Waals surface area contributed by atoms with Crippen molar-refractivity contribution in [3.05, 3.63) is 17.0 Å². The molecule has 0 saturated carbocycles. The lowest BCUT2D eigenvalue weighted by molar-refractivity contribution is 0.0588. The van der Waals surface area contributed by atoms with Crippen molar-refractivity contribution in [1.82, 2.24) is 5.16 Å². The van der Waals surface area contributed by atoms with Gasteiger partial charge < -0.3 is 9.26 Å². The molecule has 0 aliphatic rings. The van der Waals surface area contributed by atoms with Crippen molar-refractivity contribution in [2.45, 2.75) is 41.0 Å². The largest absolute Gasteiger partial charge is 0.464 e. The average Bonchev–Trinajstić information content (AvgIpc) is 2.62. The summed E-state index contributed by atoms with van der Waals surface area (Å²) in [5.41, 5.74) is 1.06. The number of carbonyl (C=O) groups excluding carboxylic acids is 1. The smallest absolute Gasteiger partial charge is 0.360 e. The highest BCUT2D eigenvalue weighted by Gasteiger charge is 2.19. The third kappa shape index (κ3) is 3.68. The molecule has 0 saturated heterocycles. The summed E-state index contributed by atoms with van der Waals surface area (Å²) in [5.74, 6) is 0.800. The van der Waals surface area contributed by atoms with E-state index in [1.54, 1.807) is 0 Å². The minimum atomic E-state index is -0.443. The molecule has 4 nitrogen and oxygen atoms in total. The van der Waals surface area contributed by atoms with Crippen LogP contribution in [0.3, 0.4) is 0 Å². The normalized spacial score (nSPS) is 9.69. The molecule has 0 aliphatic heterocycles. The molecular weight excluding hydrogens is 206 g/mol. The molecule has 0 aromatic carbocycles. The summed E-state index contributed by atoms with van der Waals surface area (Å²) in [6, 6.07) is 0. The Labute approximate surface area is 97.0 Å². The van der Waals surface area contributed by atoms with Crippen molar-refractivity contribution < 1.29 is 14.1 Å². The van der Waals surface area contributed by atoms with E-state index < -0.39 is 5.97 Å². The van der Waals surface area contributed by atoms with Gasteiger partial charge in [0.05, 0.1) is 7.11 Å². The maximum absolute atomic E-state index is 11.2. The lowest BCUT2D eigenvalue weighted by Gasteiger charge is -2.00. The van der Waals surface area contributed by atoms with Gasteiger partial charge in [0.25, 0.3) is 0 Å². The Bertz CT molecular complexity index is 329. The first kappa shape index (κ1) is 14.7. The van der Waals surface area contributed by atoms with Crippen LogP contribution in [-0.2, 0) is 11.2 Å². The fraction of sp³-hybridized carbons (Fsp3) is 0.667. The van der Waals surface area contributed by atoms with Crippen LogP contribution in [0.5, 0.6) is 0 Å². The van der Waals surface area contributed by atoms with Gasteiger partial charge in [0.1, 0.15) is 5.76 Å². The highest BCUT2D eigenvalue weighted by atomic mass is 16.5. The Balaban J connectivity index is 0.00000106. The van der Waals surface area contributed by atoms with Gasteiger partial charge in [-0.15, -0.1) is 0 Å². The number of aromatic nitrogens is 1. The Hall–Kier alpha value is -1.32. The van der Waals surface area contributed by atoms with Crippen LogP contribution < -0.4 is 0 Å². The van der Waals surface area contributed by atoms with Crippen molar-refractivity contribution in [3.63, 3.8) is 0 Å². The first-order valence-corrected chi connectivity index (χ1v) is 5.59. The number of nitrogens with zero attached hydrogens (tertiary/aromatic N) is 1. The molecule has 1 aromatic rings. The molecule has 0 unspecified atom stereocenters. The van der Waals surface area contributed by atoms with Crippen LogP contribution in [0.15, 0.2) is 4.52 Å². The number of ether oxygens (including phenoxy) is 1. The van der Waals surface area contributed by atoms with Gasteiger partial charge in [-0.05, 0) is 12.8 Å². The molecular formula is C12H21NO3. The summed E-state index contributed by atoms with van der Waals surface area (Å²) in [6.07, 6.45) is 0.788. The SMILES string of the molecule is CC.COC(=O)c1noc(CC(C)C)c1C. The first-order valence-electron chi connectivity index (χ1n) is 5.59. The minimum absolute atomic E-state index is 0.281. The van der Waals surface area contributed by atoms with Gasteiger partial charge in [-0.25, -0.2) is 4.79 Å². The van der Waals surface area contributed by atoms with E-state index in [0.29, 0.717) is 5.92 Å². The molecule has 92 valence electrons. The van der Waals surface area contributed by atoms with Crippen LogP contribution in [0.4, 0.5) is 0 Å². The monoisotopic (exact) mass is 227 g/mol. The molecule has 1 rings (SSSR count). The van der Waals surface area contributed by atoms with E-state index >= 15 is 0 Å². The zero-order chi connectivity index (χ0) is 12.7. The number of carbonyl (C=O) groups is 1. The summed E-state index contributed by atoms with van der Waals surface area (Å²) < 4.78 is 9.65. The molecule has 0 atom stereocenters. The number of methoxy groups -OCH3 is 1. The zero-order valence-corrected chi connectivity index (χ0v) is 11.0. The molecule has 0 N–H and O–H groups in total. The molecule has 0 amide bonds. The highest BCUT2D eigenvalue weighted by molar-refractivity contribution is 5.88. The summed E-state index contributed by atoms with van der Waals surface area (Å²) in [6.45, 7) is 9.99. The summed E-state index contributed by atoms with van der Waals surface area (Å²) in [4.78, 5) is 11.2. The van der Waals surface area contributed by atoms with E-state index in [9.17, 15) is 4.79 Å². The van der Waals surface area contributed by atoms with E-state index in [1.807, 2.05) is 20.8 Å². The Morgan fingerprint density at radius 1 is 1.44 bits per heavy atom. The quantitative estimate of drug-likeness (QED) is 0.745. The van der Waals surface area contributed by atoms with E-state index in [-0.39, 0.29) is 5.69 Å². The second-order valence-electron chi connectivity index (χ2n) is 3.67. The molecule has 16 heavy (non-hydrogen) atoms. The predicted octanol–water partition coefficient (Wildman–Crippen LogP) is 2.99. The van der Waals surface area contributed by atoms with Gasteiger partial charge >= 0.3 is 5.97 Å². The molecule has 1 aromatic heterocycles. The second-order valence-corrected chi connectivity index (χ2v) is 3.67. The predicted molar refractivity (Wildman–Crippen MR) is 62.5 cm³/mol. The Morgan fingerprint density at radius 2 is 2.00 bits per heavy atom. The summed E-state index contributed by atoms with van der Waals surface area (Å²) >= 11 is 0. The topological polar surface area (TPSA) is 52.3 Å². The molecule has 4 heteroatoms. The van der Waals surface area contributed by atoms with E-state index in [0.717, 1.165) is 17.7 Å². The Morgan fingerprint density at radius 3 is 2.44 bits per heavy atom. The van der Waals surface area contributed by atoms with Crippen molar-refractivity contribution in [3.8, 4) is 0 Å².